The van der Waals surface area contributed by atoms with Crippen LogP contribution in [-0.2, 0) is 25.5 Å². The molecule has 0 spiro atoms. The van der Waals surface area contributed by atoms with Gasteiger partial charge in [0.2, 0.25) is 0 Å². The van der Waals surface area contributed by atoms with E-state index in [4.69, 9.17) is 9.47 Å². The van der Waals surface area contributed by atoms with Crippen molar-refractivity contribution in [2.45, 2.75) is 19.4 Å². The maximum atomic E-state index is 15.4. The second-order valence-corrected chi connectivity index (χ2v) is 9.34. The number of carbonyl (C=O) groups excluding carboxylic acids is 3. The van der Waals surface area contributed by atoms with Gasteiger partial charge in [0.05, 0.1) is 43.3 Å². The molecule has 0 aliphatic carbocycles. The van der Waals surface area contributed by atoms with Gasteiger partial charge in [-0.05, 0) is 48.5 Å². The number of pyridine rings is 1. The lowest BCUT2D eigenvalue weighted by atomic mass is 10.0. The first-order valence-corrected chi connectivity index (χ1v) is 11.8. The molecule has 186 valence electrons. The second-order valence-electron chi connectivity index (χ2n) is 8.38. The highest BCUT2D eigenvalue weighted by atomic mass is 32.2. The van der Waals surface area contributed by atoms with Gasteiger partial charge in [-0.25, -0.2) is 18.6 Å². The number of thioether (sulfide) groups is 1. The summed E-state index contributed by atoms with van der Waals surface area (Å²) in [6, 6.07) is 5.71. The molecule has 0 saturated carbocycles. The molecule has 12 heteroatoms. The Kier molecular flexibility index (Phi) is 6.31. The van der Waals surface area contributed by atoms with Crippen LogP contribution in [0, 0.1) is 18.6 Å². The smallest absolute Gasteiger partial charge is 0.409 e. The molecule has 2 aliphatic rings. The van der Waals surface area contributed by atoms with Crippen molar-refractivity contribution in [3.63, 3.8) is 0 Å². The predicted octanol–water partition coefficient (Wildman–Crippen LogP) is 3.14. The van der Waals surface area contributed by atoms with E-state index in [-0.39, 0.29) is 34.8 Å². The third-order valence-electron chi connectivity index (χ3n) is 5.97. The molecule has 0 bridgehead atoms. The van der Waals surface area contributed by atoms with Crippen LogP contribution < -0.4 is 0 Å². The van der Waals surface area contributed by atoms with Crippen molar-refractivity contribution in [1.82, 2.24) is 14.3 Å². The zero-order valence-corrected chi connectivity index (χ0v) is 20.1. The second kappa shape index (κ2) is 9.43. The number of methoxy groups -OCH3 is 1. The van der Waals surface area contributed by atoms with E-state index in [0.717, 1.165) is 17.7 Å². The molecular formula is C24H20F2N4O5S. The van der Waals surface area contributed by atoms with Crippen molar-refractivity contribution in [1.29, 1.82) is 0 Å². The Hall–Kier alpha value is -3.64. The standard InChI is InChI=1S/C24H20F2N4O5S/c1-12-3-4-30-17(10-14-11-29(5-6-35-14)24(33)34-2)20(27-18(30)7-12)19-15(25)8-13(9-16(19)26)22-28-21(31)23(32)36-22/h3-4,7-9,14H,5-6,10-11H2,1-2H3/t14-/m0/s1. The third kappa shape index (κ3) is 4.37. The molecule has 0 radical (unpaired) electrons. The highest BCUT2D eigenvalue weighted by Gasteiger charge is 2.31. The van der Waals surface area contributed by atoms with Gasteiger partial charge in [0.15, 0.2) is 0 Å². The largest absolute Gasteiger partial charge is 0.453 e. The maximum absolute atomic E-state index is 15.4. The summed E-state index contributed by atoms with van der Waals surface area (Å²) >= 11 is 0.532. The van der Waals surface area contributed by atoms with Crippen LogP contribution in [0.5, 0.6) is 0 Å². The molecule has 2 aromatic heterocycles. The van der Waals surface area contributed by atoms with Crippen molar-refractivity contribution < 1.29 is 32.6 Å². The topological polar surface area (TPSA) is 103 Å². The normalized spacial score (nSPS) is 18.2. The first-order valence-electron chi connectivity index (χ1n) is 11.0. The Bertz CT molecular complexity index is 1430. The van der Waals surface area contributed by atoms with Crippen LogP contribution in [0.4, 0.5) is 13.6 Å². The number of amides is 2. The number of aliphatic imine (C=N–C) groups is 1. The highest BCUT2D eigenvalue weighted by Crippen LogP contribution is 2.33. The minimum atomic E-state index is -0.966. The average molecular weight is 515 g/mol. The molecule has 2 amide bonds. The average Bonchev–Trinajstić information content (AvgIpc) is 3.37. The number of nitrogens with zero attached hydrogens (tertiary/aromatic N) is 4. The monoisotopic (exact) mass is 514 g/mol. The molecule has 2 aliphatic heterocycles. The number of aryl methyl sites for hydroxylation is 1. The molecule has 4 heterocycles. The summed E-state index contributed by atoms with van der Waals surface area (Å²) in [6.07, 6.45) is 1.06. The van der Waals surface area contributed by atoms with Crippen molar-refractivity contribution >= 4 is 39.6 Å². The number of fused-ring (bicyclic) bond motifs is 1. The van der Waals surface area contributed by atoms with Gasteiger partial charge in [0.25, 0.3) is 5.12 Å². The van der Waals surface area contributed by atoms with E-state index in [2.05, 4.69) is 9.98 Å². The summed E-state index contributed by atoms with van der Waals surface area (Å²) < 4.78 is 43.2. The van der Waals surface area contributed by atoms with E-state index in [0.29, 0.717) is 36.3 Å². The van der Waals surface area contributed by atoms with Crippen LogP contribution >= 0.6 is 11.8 Å². The number of imidazole rings is 1. The van der Waals surface area contributed by atoms with Gasteiger partial charge in [-0.15, -0.1) is 0 Å². The molecule has 1 saturated heterocycles. The minimum Gasteiger partial charge on any atom is -0.453 e. The lowest BCUT2D eigenvalue weighted by molar-refractivity contribution is -0.130. The Morgan fingerprint density at radius 3 is 2.67 bits per heavy atom. The van der Waals surface area contributed by atoms with Gasteiger partial charge < -0.3 is 18.8 Å². The summed E-state index contributed by atoms with van der Waals surface area (Å²) in [6.45, 7) is 2.79. The van der Waals surface area contributed by atoms with Crippen LogP contribution in [0.15, 0.2) is 35.5 Å². The highest BCUT2D eigenvalue weighted by molar-refractivity contribution is 8.28. The van der Waals surface area contributed by atoms with Crippen LogP contribution in [0.2, 0.25) is 0 Å². The summed E-state index contributed by atoms with van der Waals surface area (Å²) in [5, 5.41) is -0.861. The Balaban J connectivity index is 1.57. The quantitative estimate of drug-likeness (QED) is 0.493. The molecule has 36 heavy (non-hydrogen) atoms. The van der Waals surface area contributed by atoms with Gasteiger partial charge in [-0.3, -0.25) is 9.59 Å². The van der Waals surface area contributed by atoms with Crippen LogP contribution in [0.3, 0.4) is 0 Å². The van der Waals surface area contributed by atoms with E-state index in [1.54, 1.807) is 16.7 Å². The van der Waals surface area contributed by atoms with Gasteiger partial charge in [0, 0.05) is 24.7 Å². The molecule has 1 aromatic carbocycles. The molecule has 3 aromatic rings. The number of halogens is 2. The Labute approximate surface area is 208 Å². The van der Waals surface area contributed by atoms with E-state index < -0.39 is 34.9 Å². The number of carbonyl (C=O) groups is 3. The lowest BCUT2D eigenvalue weighted by Crippen LogP contribution is -2.46. The minimum absolute atomic E-state index is 0.0107. The molecule has 1 atom stereocenters. The van der Waals surface area contributed by atoms with E-state index in [9.17, 15) is 14.4 Å². The predicted molar refractivity (Wildman–Crippen MR) is 127 cm³/mol. The van der Waals surface area contributed by atoms with Crippen molar-refractivity contribution in [3.8, 4) is 11.3 Å². The summed E-state index contributed by atoms with van der Waals surface area (Å²) in [5.74, 6) is -2.80. The van der Waals surface area contributed by atoms with E-state index in [1.165, 1.54) is 12.0 Å². The zero-order chi connectivity index (χ0) is 25.6. The SMILES string of the molecule is COC(=O)N1CCO[C@@H](Cc2c(-c3c(F)cc(C4=NC(=O)C(=O)S4)cc3F)nc3cc(C)ccn23)C1. The van der Waals surface area contributed by atoms with E-state index in [1.807, 2.05) is 13.0 Å². The van der Waals surface area contributed by atoms with Gasteiger partial charge in [0.1, 0.15) is 22.3 Å². The zero-order valence-electron chi connectivity index (χ0n) is 19.3. The van der Waals surface area contributed by atoms with Crippen LogP contribution in [0.25, 0.3) is 16.9 Å². The Morgan fingerprint density at radius 1 is 1.25 bits per heavy atom. The fourth-order valence-corrected chi connectivity index (χ4v) is 4.96. The number of hydrogen-bond acceptors (Lipinski definition) is 7. The first-order chi connectivity index (χ1) is 17.2. The van der Waals surface area contributed by atoms with Crippen molar-refractivity contribution in [2.24, 2.45) is 4.99 Å². The summed E-state index contributed by atoms with van der Waals surface area (Å²) in [4.78, 5) is 44.6. The first kappa shape index (κ1) is 24.1. The van der Waals surface area contributed by atoms with Gasteiger partial charge >= 0.3 is 12.0 Å². The molecule has 5 rings (SSSR count). The number of rotatable bonds is 4. The van der Waals surface area contributed by atoms with Crippen LogP contribution in [0.1, 0.15) is 16.8 Å². The van der Waals surface area contributed by atoms with Crippen molar-refractivity contribution in [2.75, 3.05) is 26.8 Å². The molecule has 0 unspecified atom stereocenters. The third-order valence-corrected chi connectivity index (χ3v) is 6.85. The van der Waals surface area contributed by atoms with Crippen molar-refractivity contribution in [3.05, 3.63) is 58.9 Å². The summed E-state index contributed by atoms with van der Waals surface area (Å²) in [7, 11) is 1.30. The molecule has 9 nitrogen and oxygen atoms in total. The molecule has 1 fully saturated rings. The molecular weight excluding hydrogens is 494 g/mol. The number of aromatic nitrogens is 2. The van der Waals surface area contributed by atoms with E-state index >= 15 is 8.78 Å². The molecule has 0 N–H and O–H groups in total. The fraction of sp³-hybridized carbons (Fsp3) is 0.292. The van der Waals surface area contributed by atoms with Gasteiger partial charge in [-0.1, -0.05) is 0 Å². The number of hydrogen-bond donors (Lipinski definition) is 0. The fourth-order valence-electron chi connectivity index (χ4n) is 4.28. The number of morpholine rings is 1. The number of ether oxygens (including phenoxy) is 2. The van der Waals surface area contributed by atoms with Crippen LogP contribution in [-0.4, -0.2) is 69.4 Å². The number of benzene rings is 1. The maximum Gasteiger partial charge on any atom is 0.409 e. The lowest BCUT2D eigenvalue weighted by Gasteiger charge is -2.32. The summed E-state index contributed by atoms with van der Waals surface area (Å²) in [5.41, 5.74) is 1.65. The Morgan fingerprint density at radius 2 is 2.00 bits per heavy atom. The van der Waals surface area contributed by atoms with Gasteiger partial charge in [-0.2, -0.15) is 4.99 Å².